The zero-order valence-corrected chi connectivity index (χ0v) is 25.7. The van der Waals surface area contributed by atoms with Gasteiger partial charge in [0.05, 0.1) is 22.3 Å². The molecule has 0 aliphatic heterocycles. The summed E-state index contributed by atoms with van der Waals surface area (Å²) in [7, 11) is 1.97. The highest BCUT2D eigenvalue weighted by Gasteiger charge is 2.18. The van der Waals surface area contributed by atoms with Gasteiger partial charge in [0.2, 0.25) is 5.88 Å². The number of pyridine rings is 2. The summed E-state index contributed by atoms with van der Waals surface area (Å²) in [5, 5.41) is 10.5. The number of rotatable bonds is 6. The highest BCUT2D eigenvalue weighted by atomic mass is 16.3. The third-order valence-electron chi connectivity index (χ3n) is 8.67. The second kappa shape index (κ2) is 11.9. The molecule has 0 radical (unpaired) electrons. The van der Waals surface area contributed by atoms with Crippen LogP contribution in [0.1, 0.15) is 0 Å². The first-order chi connectivity index (χ1) is 23.1. The third-order valence-corrected chi connectivity index (χ3v) is 8.67. The average Bonchev–Trinajstić information content (AvgIpc) is 3.48. The molecule has 0 saturated heterocycles. The molecule has 8 rings (SSSR count). The molecule has 8 aromatic rings. The monoisotopic (exact) mass is 606 g/mol. The van der Waals surface area contributed by atoms with Gasteiger partial charge in [0.1, 0.15) is 5.82 Å². The van der Waals surface area contributed by atoms with Crippen LogP contribution in [-0.4, -0.2) is 24.6 Å². The predicted molar refractivity (Wildman–Crippen MR) is 191 cm³/mol. The van der Waals surface area contributed by atoms with E-state index in [2.05, 4.69) is 126 Å². The van der Waals surface area contributed by atoms with E-state index in [-0.39, 0.29) is 5.88 Å². The maximum Gasteiger partial charge on any atom is 0.222 e. The Morgan fingerprint density at radius 3 is 1.81 bits per heavy atom. The van der Waals surface area contributed by atoms with Gasteiger partial charge in [-0.05, 0) is 87.5 Å². The molecule has 0 bridgehead atoms. The van der Waals surface area contributed by atoms with Gasteiger partial charge in [0.15, 0.2) is 0 Å². The van der Waals surface area contributed by atoms with Crippen LogP contribution in [0.3, 0.4) is 0 Å². The molecule has 0 aliphatic carbocycles. The summed E-state index contributed by atoms with van der Waals surface area (Å²) in [6, 6.07) is 50.2. The largest absolute Gasteiger partial charge is 0.493 e. The van der Waals surface area contributed by atoms with Gasteiger partial charge in [0.25, 0.3) is 0 Å². The topological polar surface area (TPSA) is 63.8 Å². The van der Waals surface area contributed by atoms with Crippen LogP contribution >= 0.6 is 0 Å². The number of fused-ring (bicyclic) bond motifs is 1. The number of benzene rings is 5. The smallest absolute Gasteiger partial charge is 0.222 e. The zero-order chi connectivity index (χ0) is 31.7. The second-order valence-corrected chi connectivity index (χ2v) is 11.6. The Morgan fingerprint density at radius 2 is 1.09 bits per heavy atom. The SMILES string of the molecule is Cn1c(-c2cccnc2O)nc2c(-c3cc(-c4ccccc4)cc(-c4cc(-c5ccc(-c6ccccc6)cc5)ccn4)c3)cccc21. The van der Waals surface area contributed by atoms with Crippen LogP contribution in [0.15, 0.2) is 158 Å². The summed E-state index contributed by atoms with van der Waals surface area (Å²) >= 11 is 0. The molecule has 0 unspecified atom stereocenters. The van der Waals surface area contributed by atoms with Crippen molar-refractivity contribution in [3.05, 3.63) is 158 Å². The van der Waals surface area contributed by atoms with Gasteiger partial charge in [-0.1, -0.05) is 97.1 Å². The number of hydrogen-bond donors (Lipinski definition) is 1. The van der Waals surface area contributed by atoms with E-state index in [1.807, 2.05) is 42.1 Å². The summed E-state index contributed by atoms with van der Waals surface area (Å²) in [6.45, 7) is 0. The molecule has 3 heterocycles. The third kappa shape index (κ3) is 5.34. The van der Waals surface area contributed by atoms with Crippen molar-refractivity contribution >= 4 is 11.0 Å². The number of nitrogens with zero attached hydrogens (tertiary/aromatic N) is 4. The van der Waals surface area contributed by atoms with E-state index in [4.69, 9.17) is 9.97 Å². The number of aromatic hydroxyl groups is 1. The Bertz CT molecular complexity index is 2360. The lowest BCUT2D eigenvalue weighted by Gasteiger charge is -2.12. The minimum atomic E-state index is -0.0403. The number of imidazole rings is 1. The lowest BCUT2D eigenvalue weighted by molar-refractivity contribution is 0.455. The average molecular weight is 607 g/mol. The second-order valence-electron chi connectivity index (χ2n) is 11.6. The van der Waals surface area contributed by atoms with E-state index in [1.165, 1.54) is 11.1 Å². The van der Waals surface area contributed by atoms with Crippen molar-refractivity contribution in [3.63, 3.8) is 0 Å². The molecule has 1 N–H and O–H groups in total. The molecule has 5 nitrogen and oxygen atoms in total. The molecular weight excluding hydrogens is 576 g/mol. The Morgan fingerprint density at radius 1 is 0.468 bits per heavy atom. The molecule has 0 saturated carbocycles. The quantitative estimate of drug-likeness (QED) is 0.205. The van der Waals surface area contributed by atoms with Crippen molar-refractivity contribution in [1.29, 1.82) is 0 Å². The lowest BCUT2D eigenvalue weighted by Crippen LogP contribution is -1.93. The van der Waals surface area contributed by atoms with Gasteiger partial charge in [-0.25, -0.2) is 9.97 Å². The molecular formula is C42H30N4O. The molecule has 0 fully saturated rings. The summed E-state index contributed by atoms with van der Waals surface area (Å²) in [6.07, 6.45) is 3.46. The van der Waals surface area contributed by atoms with Gasteiger partial charge >= 0.3 is 0 Å². The molecule has 47 heavy (non-hydrogen) atoms. The molecule has 5 aromatic carbocycles. The Kier molecular flexibility index (Phi) is 7.12. The van der Waals surface area contributed by atoms with Crippen LogP contribution in [0.2, 0.25) is 0 Å². The molecule has 0 atom stereocenters. The first-order valence-corrected chi connectivity index (χ1v) is 15.6. The standard InChI is InChI=1S/C42H30N4O/c1-46-39-16-8-14-36(40(39)45-41(46)37-15-9-22-44-42(37)47)34-24-33(29-12-6-3-7-13-29)25-35(26-34)38-27-32(21-23-43-38)31-19-17-30(18-20-31)28-10-4-2-5-11-28/h2-27H,1H3,(H,44,47). The summed E-state index contributed by atoms with van der Waals surface area (Å²) in [5.74, 6) is 0.617. The van der Waals surface area contributed by atoms with Crippen LogP contribution in [0.25, 0.3) is 78.2 Å². The number of para-hydroxylation sites is 1. The first kappa shape index (κ1) is 28.2. The van der Waals surface area contributed by atoms with Gasteiger partial charge in [-0.2, -0.15) is 0 Å². The van der Waals surface area contributed by atoms with Gasteiger partial charge in [0, 0.05) is 30.6 Å². The van der Waals surface area contributed by atoms with E-state index in [0.717, 1.165) is 55.7 Å². The van der Waals surface area contributed by atoms with Crippen molar-refractivity contribution in [3.8, 4) is 73.0 Å². The van der Waals surface area contributed by atoms with Crippen molar-refractivity contribution in [2.24, 2.45) is 7.05 Å². The summed E-state index contributed by atoms with van der Waals surface area (Å²) in [5.41, 5.74) is 13.2. The molecule has 5 heteroatoms. The molecule has 224 valence electrons. The van der Waals surface area contributed by atoms with E-state index in [9.17, 15) is 5.11 Å². The van der Waals surface area contributed by atoms with E-state index < -0.39 is 0 Å². The molecule has 0 amide bonds. The van der Waals surface area contributed by atoms with Crippen molar-refractivity contribution in [1.82, 2.24) is 19.5 Å². The van der Waals surface area contributed by atoms with Crippen LogP contribution in [0, 0.1) is 0 Å². The Labute approximate surface area is 273 Å². The highest BCUT2D eigenvalue weighted by Crippen LogP contribution is 2.38. The molecule has 0 spiro atoms. The zero-order valence-electron chi connectivity index (χ0n) is 25.7. The van der Waals surface area contributed by atoms with Crippen LogP contribution in [0.5, 0.6) is 5.88 Å². The normalized spacial score (nSPS) is 11.2. The highest BCUT2D eigenvalue weighted by molar-refractivity contribution is 5.96. The molecule has 0 aliphatic rings. The van der Waals surface area contributed by atoms with E-state index in [0.29, 0.717) is 11.4 Å². The maximum absolute atomic E-state index is 10.5. The number of hydrogen-bond acceptors (Lipinski definition) is 4. The molecule has 3 aromatic heterocycles. The first-order valence-electron chi connectivity index (χ1n) is 15.6. The van der Waals surface area contributed by atoms with E-state index in [1.54, 1.807) is 6.20 Å². The minimum Gasteiger partial charge on any atom is -0.493 e. The summed E-state index contributed by atoms with van der Waals surface area (Å²) < 4.78 is 2.01. The lowest BCUT2D eigenvalue weighted by atomic mass is 9.93. The van der Waals surface area contributed by atoms with Crippen molar-refractivity contribution in [2.45, 2.75) is 0 Å². The Balaban J connectivity index is 1.25. The number of aryl methyl sites for hydroxylation is 1. The van der Waals surface area contributed by atoms with E-state index >= 15 is 0 Å². The van der Waals surface area contributed by atoms with Crippen LogP contribution < -0.4 is 0 Å². The van der Waals surface area contributed by atoms with Gasteiger partial charge in [-0.3, -0.25) is 4.98 Å². The fourth-order valence-corrected chi connectivity index (χ4v) is 6.24. The maximum atomic E-state index is 10.5. The summed E-state index contributed by atoms with van der Waals surface area (Å²) in [4.78, 5) is 14.0. The fourth-order valence-electron chi connectivity index (χ4n) is 6.24. The minimum absolute atomic E-state index is 0.0403. The Hall–Kier alpha value is -6.33. The van der Waals surface area contributed by atoms with Crippen LogP contribution in [0.4, 0.5) is 0 Å². The van der Waals surface area contributed by atoms with Crippen molar-refractivity contribution < 1.29 is 5.11 Å². The fraction of sp³-hybridized carbons (Fsp3) is 0.0238. The van der Waals surface area contributed by atoms with Gasteiger partial charge in [-0.15, -0.1) is 0 Å². The predicted octanol–water partition coefficient (Wildman–Crippen LogP) is 10.1. The van der Waals surface area contributed by atoms with Crippen molar-refractivity contribution in [2.75, 3.05) is 0 Å². The number of aromatic nitrogens is 4. The van der Waals surface area contributed by atoms with Gasteiger partial charge < -0.3 is 9.67 Å². The van der Waals surface area contributed by atoms with Crippen LogP contribution in [-0.2, 0) is 7.05 Å².